The van der Waals surface area contributed by atoms with Gasteiger partial charge < -0.3 is 9.47 Å². The van der Waals surface area contributed by atoms with Gasteiger partial charge in [-0.05, 0) is 31.4 Å². The molecule has 3 fully saturated rings. The average Bonchev–Trinajstić information content (AvgIpc) is 3.24. The lowest BCUT2D eigenvalue weighted by Crippen LogP contribution is -2.64. The summed E-state index contributed by atoms with van der Waals surface area (Å²) in [6.45, 7) is 5.64. The number of rotatable bonds is 7. The van der Waals surface area contributed by atoms with Crippen molar-refractivity contribution in [3.8, 4) is 0 Å². The number of hydrogen-bond donors (Lipinski definition) is 0. The van der Waals surface area contributed by atoms with Crippen molar-refractivity contribution in [1.29, 1.82) is 0 Å². The van der Waals surface area contributed by atoms with Crippen molar-refractivity contribution in [3.05, 3.63) is 5.69 Å². The minimum atomic E-state index is -0.894. The molecule has 5 atom stereocenters. The molecule has 7 nitrogen and oxygen atoms in total. The van der Waals surface area contributed by atoms with Crippen LogP contribution in [0.25, 0.3) is 0 Å². The Morgan fingerprint density at radius 1 is 1.22 bits per heavy atom. The van der Waals surface area contributed by atoms with Crippen LogP contribution in [0.15, 0.2) is 5.03 Å². The van der Waals surface area contributed by atoms with Gasteiger partial charge in [-0.2, -0.15) is 8.75 Å². The van der Waals surface area contributed by atoms with Gasteiger partial charge in [-0.3, -0.25) is 4.90 Å². The molecular weight excluding hydrogens is 386 g/mol. The number of thioether (sulfide) groups is 1. The summed E-state index contributed by atoms with van der Waals surface area (Å²) in [6, 6.07) is 0. The molecule has 5 unspecified atom stereocenters. The molecule has 3 aliphatic heterocycles. The third kappa shape index (κ3) is 3.49. The van der Waals surface area contributed by atoms with E-state index in [0.717, 1.165) is 29.6 Å². The van der Waals surface area contributed by atoms with E-state index < -0.39 is 23.8 Å². The van der Waals surface area contributed by atoms with Crippen LogP contribution in [0.4, 0.5) is 0 Å². The van der Waals surface area contributed by atoms with E-state index in [1.165, 1.54) is 37.4 Å². The molecule has 4 rings (SSSR count). The van der Waals surface area contributed by atoms with Crippen molar-refractivity contribution in [2.24, 2.45) is 5.92 Å². The standard InChI is InChI=1S/C18H25N3O4S2/c1-3-4-5-6-7-26-15-14(19-27-20-15)12-10-21-9-11(12)8-13-18(21,2)25-17(23)16(22)24-13/h11-13H,3-10H2,1-2H3. The first kappa shape index (κ1) is 19.1. The summed E-state index contributed by atoms with van der Waals surface area (Å²) < 4.78 is 20.0. The van der Waals surface area contributed by atoms with Gasteiger partial charge in [-0.1, -0.05) is 26.2 Å². The second-order valence-corrected chi connectivity index (χ2v) is 9.32. The van der Waals surface area contributed by atoms with E-state index in [4.69, 9.17) is 9.47 Å². The molecule has 148 valence electrons. The van der Waals surface area contributed by atoms with Gasteiger partial charge in [0, 0.05) is 19.0 Å². The topological polar surface area (TPSA) is 81.6 Å². The number of carbonyl (C=O) groups is 2. The zero-order valence-corrected chi connectivity index (χ0v) is 17.3. The highest BCUT2D eigenvalue weighted by Gasteiger charge is 2.60. The quantitative estimate of drug-likeness (QED) is 0.293. The SMILES string of the molecule is CCCCCCSc1nsnc1C1CN2CC1CC1OC(=O)C(=O)OC12C. The molecule has 3 aliphatic rings. The van der Waals surface area contributed by atoms with Gasteiger partial charge in [0.15, 0.2) is 6.10 Å². The lowest BCUT2D eigenvalue weighted by atomic mass is 9.85. The van der Waals surface area contributed by atoms with Gasteiger partial charge in [0.25, 0.3) is 0 Å². The van der Waals surface area contributed by atoms with E-state index in [2.05, 4.69) is 20.6 Å². The molecule has 27 heavy (non-hydrogen) atoms. The lowest BCUT2D eigenvalue weighted by molar-refractivity contribution is -0.248. The largest absolute Gasteiger partial charge is 0.448 e. The average molecular weight is 412 g/mol. The van der Waals surface area contributed by atoms with Crippen LogP contribution in [0.3, 0.4) is 0 Å². The van der Waals surface area contributed by atoms with Crippen molar-refractivity contribution < 1.29 is 19.1 Å². The Bertz CT molecular complexity index is 727. The van der Waals surface area contributed by atoms with Crippen LogP contribution < -0.4 is 0 Å². The minimum Gasteiger partial charge on any atom is -0.448 e. The van der Waals surface area contributed by atoms with Gasteiger partial charge >= 0.3 is 11.9 Å². The summed E-state index contributed by atoms with van der Waals surface area (Å²) in [7, 11) is 0. The lowest BCUT2D eigenvalue weighted by Gasteiger charge is -2.47. The summed E-state index contributed by atoms with van der Waals surface area (Å²) in [4.78, 5) is 25.5. The number of hydrogen-bond acceptors (Lipinski definition) is 9. The van der Waals surface area contributed by atoms with E-state index in [1.807, 2.05) is 6.92 Å². The zero-order valence-electron chi connectivity index (χ0n) is 15.7. The number of piperidine rings is 1. The zero-order chi connectivity index (χ0) is 19.0. The van der Waals surface area contributed by atoms with Crippen LogP contribution in [0.5, 0.6) is 0 Å². The highest BCUT2D eigenvalue weighted by molar-refractivity contribution is 7.99. The number of ether oxygens (including phenoxy) is 2. The smallest absolute Gasteiger partial charge is 0.419 e. The van der Waals surface area contributed by atoms with Gasteiger partial charge in [0.05, 0.1) is 17.4 Å². The van der Waals surface area contributed by atoms with Crippen LogP contribution in [-0.4, -0.2) is 56.3 Å². The maximum Gasteiger partial charge on any atom is 0.419 e. The fourth-order valence-corrected chi connectivity index (χ4v) is 6.16. The van der Waals surface area contributed by atoms with Gasteiger partial charge in [0.1, 0.15) is 5.03 Å². The number of aromatic nitrogens is 2. The van der Waals surface area contributed by atoms with Gasteiger partial charge in [0.2, 0.25) is 5.72 Å². The molecule has 1 aromatic heterocycles. The first-order valence-electron chi connectivity index (χ1n) is 9.67. The number of nitrogens with zero attached hydrogens (tertiary/aromatic N) is 3. The second kappa shape index (κ2) is 7.67. The molecule has 0 amide bonds. The van der Waals surface area contributed by atoms with E-state index >= 15 is 0 Å². The number of fused-ring (bicyclic) bond motifs is 4. The predicted molar refractivity (Wildman–Crippen MR) is 102 cm³/mol. The minimum absolute atomic E-state index is 0.238. The molecule has 0 N–H and O–H groups in total. The maximum absolute atomic E-state index is 11.7. The fraction of sp³-hybridized carbons (Fsp3) is 0.778. The van der Waals surface area contributed by atoms with E-state index in [0.29, 0.717) is 12.3 Å². The van der Waals surface area contributed by atoms with Crippen LogP contribution in [0.1, 0.15) is 57.6 Å². The Kier molecular flexibility index (Phi) is 5.44. The molecule has 0 radical (unpaired) electrons. The predicted octanol–water partition coefficient (Wildman–Crippen LogP) is 2.81. The fourth-order valence-electron chi connectivity index (χ4n) is 4.39. The Morgan fingerprint density at radius 2 is 2.07 bits per heavy atom. The van der Waals surface area contributed by atoms with Crippen molar-refractivity contribution in [1.82, 2.24) is 13.6 Å². The molecule has 2 bridgehead atoms. The summed E-state index contributed by atoms with van der Waals surface area (Å²) in [5.74, 6) is -0.142. The highest BCUT2D eigenvalue weighted by Crippen LogP contribution is 2.48. The van der Waals surface area contributed by atoms with Crippen molar-refractivity contribution in [3.63, 3.8) is 0 Å². The van der Waals surface area contributed by atoms with E-state index in [-0.39, 0.29) is 5.92 Å². The van der Waals surface area contributed by atoms with E-state index in [1.54, 1.807) is 11.8 Å². The van der Waals surface area contributed by atoms with Gasteiger partial charge in [-0.25, -0.2) is 9.59 Å². The van der Waals surface area contributed by atoms with Crippen molar-refractivity contribution in [2.45, 2.75) is 68.7 Å². The molecule has 9 heteroatoms. The molecule has 4 heterocycles. The third-order valence-electron chi connectivity index (χ3n) is 5.97. The number of esters is 2. The Morgan fingerprint density at radius 3 is 2.89 bits per heavy atom. The Hall–Kier alpha value is -1.19. The summed E-state index contributed by atoms with van der Waals surface area (Å²) in [6.07, 6.45) is 5.25. The Labute approximate surface area is 167 Å². The summed E-state index contributed by atoms with van der Waals surface area (Å²) >= 11 is 3.07. The summed E-state index contributed by atoms with van der Waals surface area (Å²) in [5, 5.41) is 1.04. The van der Waals surface area contributed by atoms with Crippen LogP contribution in [0, 0.1) is 5.92 Å². The molecule has 0 aromatic carbocycles. The van der Waals surface area contributed by atoms with Gasteiger partial charge in [-0.15, -0.1) is 11.8 Å². The molecule has 3 saturated heterocycles. The first-order chi connectivity index (χ1) is 13.0. The van der Waals surface area contributed by atoms with Crippen molar-refractivity contribution >= 4 is 35.4 Å². The summed E-state index contributed by atoms with van der Waals surface area (Å²) in [5.41, 5.74) is 0.195. The van der Waals surface area contributed by atoms with Crippen LogP contribution in [0.2, 0.25) is 0 Å². The number of unbranched alkanes of at least 4 members (excludes halogenated alkanes) is 3. The van der Waals surface area contributed by atoms with E-state index in [9.17, 15) is 9.59 Å². The molecule has 0 spiro atoms. The highest BCUT2D eigenvalue weighted by atomic mass is 32.2. The third-order valence-corrected chi connectivity index (χ3v) is 7.69. The Balaban J connectivity index is 1.46. The normalized spacial score (nSPS) is 34.9. The molecule has 1 aromatic rings. The maximum atomic E-state index is 11.7. The van der Waals surface area contributed by atoms with Crippen molar-refractivity contribution in [2.75, 3.05) is 18.8 Å². The molecule has 0 aliphatic carbocycles. The monoisotopic (exact) mass is 411 g/mol. The molecular formula is C18H25N3O4S2. The first-order valence-corrected chi connectivity index (χ1v) is 11.4. The second-order valence-electron chi connectivity index (χ2n) is 7.71. The van der Waals surface area contributed by atoms with Crippen LogP contribution >= 0.6 is 23.5 Å². The van der Waals surface area contributed by atoms with Crippen LogP contribution in [-0.2, 0) is 19.1 Å². The number of carbonyl (C=O) groups excluding carboxylic acids is 2. The molecule has 0 saturated carbocycles.